The van der Waals surface area contributed by atoms with E-state index in [4.69, 9.17) is 0 Å². The number of carbonyl (C=O) groups is 2. The number of nitrogens with zero attached hydrogens (tertiary/aromatic N) is 2. The van der Waals surface area contributed by atoms with Gasteiger partial charge in [-0.05, 0) is 30.2 Å². The van der Waals surface area contributed by atoms with Gasteiger partial charge < -0.3 is 10.2 Å². The van der Waals surface area contributed by atoms with Gasteiger partial charge in [0.1, 0.15) is 5.82 Å². The van der Waals surface area contributed by atoms with Crippen LogP contribution in [0.15, 0.2) is 24.3 Å². The number of rotatable bonds is 5. The van der Waals surface area contributed by atoms with Crippen molar-refractivity contribution >= 4 is 11.8 Å². The zero-order valence-corrected chi connectivity index (χ0v) is 13.7. The molecule has 0 atom stereocenters. The molecule has 1 fully saturated rings. The monoisotopic (exact) mass is 321 g/mol. The molecular formula is C17H24FN3O2. The summed E-state index contributed by atoms with van der Waals surface area (Å²) in [4.78, 5) is 27.9. The van der Waals surface area contributed by atoms with Gasteiger partial charge in [0.15, 0.2) is 5.78 Å². The van der Waals surface area contributed by atoms with Crippen molar-refractivity contribution in [2.24, 2.45) is 5.92 Å². The minimum absolute atomic E-state index is 0.0253. The summed E-state index contributed by atoms with van der Waals surface area (Å²) in [6.45, 7) is 7.64. The zero-order valence-electron chi connectivity index (χ0n) is 13.7. The molecular weight excluding hydrogens is 297 g/mol. The van der Waals surface area contributed by atoms with E-state index in [1.165, 1.54) is 24.3 Å². The topological polar surface area (TPSA) is 52.7 Å². The smallest absolute Gasteiger partial charge is 0.317 e. The zero-order chi connectivity index (χ0) is 16.8. The molecule has 1 aromatic rings. The molecule has 1 aliphatic rings. The van der Waals surface area contributed by atoms with Gasteiger partial charge >= 0.3 is 6.03 Å². The first-order valence-corrected chi connectivity index (χ1v) is 7.99. The second kappa shape index (κ2) is 8.06. The number of piperazine rings is 1. The fourth-order valence-corrected chi connectivity index (χ4v) is 2.44. The first-order chi connectivity index (χ1) is 11.0. The molecule has 1 saturated heterocycles. The van der Waals surface area contributed by atoms with Crippen LogP contribution in [-0.4, -0.2) is 60.9 Å². The van der Waals surface area contributed by atoms with Crippen molar-refractivity contribution in [1.29, 1.82) is 0 Å². The fourth-order valence-electron chi connectivity index (χ4n) is 2.44. The van der Waals surface area contributed by atoms with Crippen molar-refractivity contribution in [3.63, 3.8) is 0 Å². The van der Waals surface area contributed by atoms with Gasteiger partial charge in [-0.25, -0.2) is 9.18 Å². The minimum atomic E-state index is -0.345. The Balaban J connectivity index is 1.77. The van der Waals surface area contributed by atoms with E-state index >= 15 is 0 Å². The second-order valence-corrected chi connectivity index (χ2v) is 6.27. The van der Waals surface area contributed by atoms with Crippen LogP contribution in [0.1, 0.15) is 24.2 Å². The van der Waals surface area contributed by atoms with Crippen LogP contribution in [0.5, 0.6) is 0 Å². The lowest BCUT2D eigenvalue weighted by molar-refractivity contribution is 0.0878. The molecule has 126 valence electrons. The number of halogens is 1. The highest BCUT2D eigenvalue weighted by molar-refractivity contribution is 5.97. The van der Waals surface area contributed by atoms with E-state index in [-0.39, 0.29) is 17.6 Å². The Morgan fingerprint density at radius 2 is 1.74 bits per heavy atom. The molecule has 1 aromatic carbocycles. The van der Waals surface area contributed by atoms with Crippen molar-refractivity contribution in [2.75, 3.05) is 39.3 Å². The van der Waals surface area contributed by atoms with Crippen LogP contribution in [0.25, 0.3) is 0 Å². The highest BCUT2D eigenvalue weighted by Crippen LogP contribution is 2.07. The Bertz CT molecular complexity index is 537. The molecule has 0 unspecified atom stereocenters. The van der Waals surface area contributed by atoms with Crippen molar-refractivity contribution in [3.8, 4) is 0 Å². The minimum Gasteiger partial charge on any atom is -0.338 e. The van der Waals surface area contributed by atoms with Gasteiger partial charge in [0, 0.05) is 38.3 Å². The van der Waals surface area contributed by atoms with Crippen molar-refractivity contribution in [2.45, 2.75) is 13.8 Å². The van der Waals surface area contributed by atoms with Crippen LogP contribution >= 0.6 is 0 Å². The van der Waals surface area contributed by atoms with Crippen LogP contribution in [0.2, 0.25) is 0 Å². The Kier molecular flexibility index (Phi) is 6.10. The molecule has 0 aliphatic carbocycles. The second-order valence-electron chi connectivity index (χ2n) is 6.27. The number of nitrogens with one attached hydrogen (secondary N) is 1. The van der Waals surface area contributed by atoms with E-state index in [2.05, 4.69) is 19.2 Å². The van der Waals surface area contributed by atoms with E-state index < -0.39 is 0 Å². The predicted molar refractivity (Wildman–Crippen MR) is 87.0 cm³/mol. The van der Waals surface area contributed by atoms with Gasteiger partial charge in [0.05, 0.1) is 6.54 Å². The Morgan fingerprint density at radius 1 is 1.13 bits per heavy atom. The third kappa shape index (κ3) is 5.32. The summed E-state index contributed by atoms with van der Waals surface area (Å²) < 4.78 is 12.9. The maximum Gasteiger partial charge on any atom is 0.317 e. The Hall–Kier alpha value is -1.95. The number of urea groups is 1. The molecule has 6 heteroatoms. The van der Waals surface area contributed by atoms with Crippen LogP contribution < -0.4 is 5.32 Å². The average molecular weight is 321 g/mol. The van der Waals surface area contributed by atoms with Gasteiger partial charge in [0.2, 0.25) is 0 Å². The molecule has 0 aromatic heterocycles. The molecule has 1 heterocycles. The number of carbonyl (C=O) groups excluding carboxylic acids is 2. The van der Waals surface area contributed by atoms with Gasteiger partial charge in [-0.1, -0.05) is 13.8 Å². The lowest BCUT2D eigenvalue weighted by Gasteiger charge is -2.34. The maximum absolute atomic E-state index is 12.9. The fraction of sp³-hybridized carbons (Fsp3) is 0.529. The summed E-state index contributed by atoms with van der Waals surface area (Å²) in [6, 6.07) is 5.57. The summed E-state index contributed by atoms with van der Waals surface area (Å²) in [5.74, 6) is 0.0545. The molecule has 23 heavy (non-hydrogen) atoms. The molecule has 0 spiro atoms. The summed E-state index contributed by atoms with van der Waals surface area (Å²) in [7, 11) is 0. The molecule has 5 nitrogen and oxygen atoms in total. The molecule has 0 radical (unpaired) electrons. The number of amides is 2. The van der Waals surface area contributed by atoms with Crippen molar-refractivity contribution in [3.05, 3.63) is 35.6 Å². The number of Topliss-reactive ketones (excluding diaryl/α,β-unsaturated/α-hetero) is 1. The molecule has 2 rings (SSSR count). The van der Waals surface area contributed by atoms with Gasteiger partial charge in [-0.3, -0.25) is 9.69 Å². The molecule has 1 N–H and O–H groups in total. The third-order valence-corrected chi connectivity index (χ3v) is 3.85. The third-order valence-electron chi connectivity index (χ3n) is 3.85. The van der Waals surface area contributed by atoms with Crippen molar-refractivity contribution < 1.29 is 14.0 Å². The lowest BCUT2D eigenvalue weighted by atomic mass is 10.1. The SMILES string of the molecule is CC(C)CNC(=O)N1CCN(CC(=O)c2ccc(F)cc2)CC1. The number of benzene rings is 1. The van der Waals surface area contributed by atoms with Gasteiger partial charge in [-0.2, -0.15) is 0 Å². The normalized spacial score (nSPS) is 15.7. The molecule has 0 saturated carbocycles. The number of ketones is 1. The summed E-state index contributed by atoms with van der Waals surface area (Å²) >= 11 is 0. The summed E-state index contributed by atoms with van der Waals surface area (Å²) in [5.41, 5.74) is 0.517. The van der Waals surface area contributed by atoms with Crippen LogP contribution in [0.3, 0.4) is 0 Å². The lowest BCUT2D eigenvalue weighted by Crippen LogP contribution is -2.53. The van der Waals surface area contributed by atoms with E-state index in [1.807, 2.05) is 4.90 Å². The number of hydrogen-bond donors (Lipinski definition) is 1. The van der Waals surface area contributed by atoms with Crippen LogP contribution in [-0.2, 0) is 0 Å². The highest BCUT2D eigenvalue weighted by atomic mass is 19.1. The van der Waals surface area contributed by atoms with E-state index in [0.29, 0.717) is 50.7 Å². The largest absolute Gasteiger partial charge is 0.338 e. The van der Waals surface area contributed by atoms with Gasteiger partial charge in [-0.15, -0.1) is 0 Å². The Labute approximate surface area is 136 Å². The first-order valence-electron chi connectivity index (χ1n) is 7.99. The maximum atomic E-state index is 12.9. The predicted octanol–water partition coefficient (Wildman–Crippen LogP) is 1.99. The molecule has 2 amide bonds. The highest BCUT2D eigenvalue weighted by Gasteiger charge is 2.22. The van der Waals surface area contributed by atoms with Crippen molar-refractivity contribution in [1.82, 2.24) is 15.1 Å². The van der Waals surface area contributed by atoms with Crippen LogP contribution in [0.4, 0.5) is 9.18 Å². The molecule has 1 aliphatic heterocycles. The van der Waals surface area contributed by atoms with E-state index in [0.717, 1.165) is 0 Å². The average Bonchev–Trinajstić information content (AvgIpc) is 2.54. The Morgan fingerprint density at radius 3 is 2.30 bits per heavy atom. The molecule has 0 bridgehead atoms. The quantitative estimate of drug-likeness (QED) is 0.844. The van der Waals surface area contributed by atoms with E-state index in [1.54, 1.807) is 4.90 Å². The first kappa shape index (κ1) is 17.4. The van der Waals surface area contributed by atoms with Gasteiger partial charge in [0.25, 0.3) is 0 Å². The van der Waals surface area contributed by atoms with E-state index in [9.17, 15) is 14.0 Å². The summed E-state index contributed by atoms with van der Waals surface area (Å²) in [5, 5.41) is 2.90. The van der Waals surface area contributed by atoms with Crippen LogP contribution in [0, 0.1) is 11.7 Å². The summed E-state index contributed by atoms with van der Waals surface area (Å²) in [6.07, 6.45) is 0. The number of hydrogen-bond acceptors (Lipinski definition) is 3. The standard InChI is InChI=1S/C17H24FN3O2/c1-13(2)11-19-17(23)21-9-7-20(8-10-21)12-16(22)14-3-5-15(18)6-4-14/h3-6,13H,7-12H2,1-2H3,(H,19,23).